The van der Waals surface area contributed by atoms with Crippen molar-refractivity contribution in [3.05, 3.63) is 47.2 Å². The molecule has 1 heterocycles. The molecule has 0 N–H and O–H groups in total. The lowest BCUT2D eigenvalue weighted by Crippen LogP contribution is -2.23. The first-order chi connectivity index (χ1) is 8.16. The van der Waals surface area contributed by atoms with Crippen molar-refractivity contribution in [3.63, 3.8) is 0 Å². The van der Waals surface area contributed by atoms with Crippen molar-refractivity contribution in [3.8, 4) is 0 Å². The van der Waals surface area contributed by atoms with Crippen LogP contribution < -0.4 is 0 Å². The number of halogens is 1. The lowest BCUT2D eigenvalue weighted by Gasteiger charge is -2.60. The third-order valence-electron chi connectivity index (χ3n) is 5.15. The summed E-state index contributed by atoms with van der Waals surface area (Å²) >= 11 is 0. The van der Waals surface area contributed by atoms with Crippen LogP contribution in [-0.4, -0.2) is 29.8 Å². The van der Waals surface area contributed by atoms with Gasteiger partial charge in [-0.2, -0.15) is 0 Å². The Morgan fingerprint density at radius 3 is 2.22 bits per heavy atom. The molecule has 0 aliphatic carbocycles. The number of hydrogen-bond donors (Lipinski definition) is 0. The Labute approximate surface area is 111 Å². The third kappa shape index (κ3) is 2.35. The van der Waals surface area contributed by atoms with Gasteiger partial charge in [0.1, 0.15) is 5.83 Å². The van der Waals surface area contributed by atoms with Crippen LogP contribution in [0.15, 0.2) is 47.2 Å². The molecule has 1 rings (SSSR count). The third-order valence-corrected chi connectivity index (χ3v) is 13.2. The molecule has 0 spiro atoms. The molecule has 1 saturated heterocycles. The molecule has 1 fully saturated rings. The quantitative estimate of drug-likeness (QED) is 0.484. The fourth-order valence-corrected chi connectivity index (χ4v) is 7.10. The van der Waals surface area contributed by atoms with Gasteiger partial charge < -0.3 is 0 Å². The van der Waals surface area contributed by atoms with Crippen LogP contribution in [-0.2, 0) is 0 Å². The zero-order chi connectivity index (χ0) is 14.1. The summed E-state index contributed by atoms with van der Waals surface area (Å²) in [5, 5.41) is 0. The van der Waals surface area contributed by atoms with E-state index in [0.29, 0.717) is 0 Å². The van der Waals surface area contributed by atoms with Gasteiger partial charge in [-0.05, 0) is 66.2 Å². The van der Waals surface area contributed by atoms with E-state index in [-0.39, 0.29) is 5.83 Å². The summed E-state index contributed by atoms with van der Waals surface area (Å²) in [5.41, 5.74) is 0.969. The SMILES string of the molecule is C=CC(/C=C(/F)C=CC)=C(/C)S1(C)(C)(CC)CC1. The molecule has 0 aromatic carbocycles. The lowest BCUT2D eigenvalue weighted by atomic mass is 10.2. The first-order valence-electron chi connectivity index (χ1n) is 6.51. The summed E-state index contributed by atoms with van der Waals surface area (Å²) < 4.78 is 13.7. The van der Waals surface area contributed by atoms with Gasteiger partial charge in [0, 0.05) is 0 Å². The van der Waals surface area contributed by atoms with Crippen LogP contribution in [0.25, 0.3) is 0 Å². The van der Waals surface area contributed by atoms with E-state index in [1.165, 1.54) is 28.2 Å². The van der Waals surface area contributed by atoms with Gasteiger partial charge in [0.05, 0.1) is 0 Å². The van der Waals surface area contributed by atoms with Crippen molar-refractivity contribution in [1.82, 2.24) is 0 Å². The Kier molecular flexibility index (Phi) is 3.51. The monoisotopic (exact) mass is 270 g/mol. The topological polar surface area (TPSA) is 0 Å². The van der Waals surface area contributed by atoms with Gasteiger partial charge in [-0.15, -0.1) is 0 Å². The normalized spacial score (nSPS) is 29.6. The molecule has 0 bridgehead atoms. The Morgan fingerprint density at radius 2 is 1.89 bits per heavy atom. The first-order valence-corrected chi connectivity index (χ1v) is 10.3. The van der Waals surface area contributed by atoms with E-state index in [2.05, 4.69) is 32.9 Å². The van der Waals surface area contributed by atoms with Crippen molar-refractivity contribution in [1.29, 1.82) is 0 Å². The van der Waals surface area contributed by atoms with Crippen molar-refractivity contribution < 1.29 is 4.39 Å². The second kappa shape index (κ2) is 4.12. The maximum Gasteiger partial charge on any atom is 0.123 e. The molecular weight excluding hydrogens is 243 g/mol. The van der Waals surface area contributed by atoms with Crippen molar-refractivity contribution in [2.45, 2.75) is 20.8 Å². The molecule has 0 atom stereocenters. The molecule has 0 saturated carbocycles. The highest BCUT2D eigenvalue weighted by atomic mass is 32.4. The van der Waals surface area contributed by atoms with Crippen LogP contribution in [0.1, 0.15) is 20.8 Å². The highest BCUT2D eigenvalue weighted by Gasteiger charge is 2.63. The number of hydrogen-bond acceptors (Lipinski definition) is 0. The number of allylic oxidation sites excluding steroid dienone is 7. The van der Waals surface area contributed by atoms with E-state index >= 15 is 0 Å². The van der Waals surface area contributed by atoms with E-state index in [1.807, 2.05) is 6.92 Å². The van der Waals surface area contributed by atoms with Gasteiger partial charge in [0.15, 0.2) is 0 Å². The Hall–Kier alpha value is -0.760. The molecule has 18 heavy (non-hydrogen) atoms. The van der Waals surface area contributed by atoms with E-state index in [9.17, 15) is 4.39 Å². The minimum atomic E-state index is -2.05. The molecule has 0 aromatic rings. The highest BCUT2D eigenvalue weighted by Crippen LogP contribution is 2.99. The van der Waals surface area contributed by atoms with E-state index in [4.69, 9.17) is 0 Å². The molecule has 104 valence electrons. The summed E-state index contributed by atoms with van der Waals surface area (Å²) in [6, 6.07) is 0. The fourth-order valence-electron chi connectivity index (χ4n) is 2.22. The molecule has 1 aliphatic heterocycles. The minimum Gasteiger partial charge on any atom is -0.260 e. The van der Waals surface area contributed by atoms with Gasteiger partial charge in [0.25, 0.3) is 0 Å². The average molecular weight is 270 g/mol. The van der Waals surface area contributed by atoms with E-state index in [0.717, 1.165) is 5.57 Å². The molecule has 0 radical (unpaired) electrons. The van der Waals surface area contributed by atoms with Crippen molar-refractivity contribution >= 4 is 8.29 Å². The Morgan fingerprint density at radius 1 is 1.33 bits per heavy atom. The fraction of sp³-hybridized carbons (Fsp3) is 0.500. The molecule has 2 heteroatoms. The second-order valence-electron chi connectivity index (χ2n) is 6.54. The van der Waals surface area contributed by atoms with E-state index < -0.39 is 8.29 Å². The van der Waals surface area contributed by atoms with Crippen LogP contribution in [0.3, 0.4) is 0 Å². The second-order valence-corrected chi connectivity index (χ2v) is 15.7. The molecule has 0 nitrogen and oxygen atoms in total. The van der Waals surface area contributed by atoms with Gasteiger partial charge in [-0.25, -0.2) is 4.39 Å². The standard InChI is InChI=1S/C16H27FS/c1-7-10-16(17)13-15(8-2)14(4)18(5,6,9-3)11-12-18/h7-8,10,13H,2,9,11-12H2,1,3-6H3/b10-7?,15-14+,16-13+. The van der Waals surface area contributed by atoms with Crippen LogP contribution in [0.4, 0.5) is 4.39 Å². The summed E-state index contributed by atoms with van der Waals surface area (Å²) in [6.45, 7) is 10.1. The smallest absolute Gasteiger partial charge is 0.123 e. The summed E-state index contributed by atoms with van der Waals surface area (Å²) in [5.74, 6) is 3.54. The van der Waals surface area contributed by atoms with Crippen LogP contribution >= 0.6 is 8.29 Å². The summed E-state index contributed by atoms with van der Waals surface area (Å²) in [6.07, 6.45) is 11.5. The molecule has 0 unspecified atom stereocenters. The average Bonchev–Trinajstić information content (AvgIpc) is 2.97. The molecule has 1 aliphatic rings. The van der Waals surface area contributed by atoms with E-state index in [1.54, 1.807) is 18.2 Å². The zero-order valence-electron chi connectivity index (χ0n) is 12.4. The Balaban J connectivity index is 3.36. The molecular formula is C16H27FS. The Bertz CT molecular complexity index is 467. The maximum absolute atomic E-state index is 13.7. The highest BCUT2D eigenvalue weighted by molar-refractivity contribution is 8.71. The number of rotatable bonds is 5. The molecule has 0 amide bonds. The van der Waals surface area contributed by atoms with Gasteiger partial charge in [0.2, 0.25) is 0 Å². The maximum atomic E-state index is 13.7. The van der Waals surface area contributed by atoms with Crippen LogP contribution in [0, 0.1) is 0 Å². The van der Waals surface area contributed by atoms with Gasteiger partial charge in [-0.3, -0.25) is 8.29 Å². The van der Waals surface area contributed by atoms with Gasteiger partial charge in [-0.1, -0.05) is 25.7 Å². The minimum absolute atomic E-state index is 0.198. The van der Waals surface area contributed by atoms with Crippen molar-refractivity contribution in [2.75, 3.05) is 29.8 Å². The largest absolute Gasteiger partial charge is 0.260 e. The van der Waals surface area contributed by atoms with Crippen LogP contribution in [0.2, 0.25) is 0 Å². The lowest BCUT2D eigenvalue weighted by molar-refractivity contribution is 0.666. The summed E-state index contributed by atoms with van der Waals surface area (Å²) in [4.78, 5) is 1.37. The predicted octanol–water partition coefficient (Wildman–Crippen LogP) is 5.05. The van der Waals surface area contributed by atoms with Gasteiger partial charge >= 0.3 is 0 Å². The zero-order valence-corrected chi connectivity index (χ0v) is 13.2. The summed E-state index contributed by atoms with van der Waals surface area (Å²) in [7, 11) is -2.05. The first kappa shape index (κ1) is 15.3. The predicted molar refractivity (Wildman–Crippen MR) is 86.6 cm³/mol. The van der Waals surface area contributed by atoms with Crippen LogP contribution in [0.5, 0.6) is 0 Å². The van der Waals surface area contributed by atoms with Crippen molar-refractivity contribution in [2.24, 2.45) is 0 Å². The molecule has 0 aromatic heterocycles.